The Balaban J connectivity index is 3.09. The van der Waals surface area contributed by atoms with Crippen LogP contribution in [0.5, 0.6) is 0 Å². The standard InChI is InChI=1S/C8H8ClFN2O3S/c9-4-16(14,15)12-5-1-2-7(10)6(3-5)8(11)13/h1-3,12H,4H2,(H2,11,13). The van der Waals surface area contributed by atoms with Gasteiger partial charge in [0.25, 0.3) is 5.91 Å². The normalized spacial score (nSPS) is 11.1. The van der Waals surface area contributed by atoms with E-state index in [2.05, 4.69) is 4.72 Å². The van der Waals surface area contributed by atoms with Gasteiger partial charge >= 0.3 is 0 Å². The van der Waals surface area contributed by atoms with Crippen LogP contribution in [0, 0.1) is 5.82 Å². The summed E-state index contributed by atoms with van der Waals surface area (Å²) in [5.74, 6) is -1.80. The van der Waals surface area contributed by atoms with Crippen molar-refractivity contribution in [3.8, 4) is 0 Å². The second-order valence-corrected chi connectivity index (χ2v) is 5.19. The van der Waals surface area contributed by atoms with Crippen molar-refractivity contribution in [2.45, 2.75) is 0 Å². The van der Waals surface area contributed by atoms with Crippen molar-refractivity contribution in [1.29, 1.82) is 0 Å². The van der Waals surface area contributed by atoms with Crippen LogP contribution in [0.3, 0.4) is 0 Å². The van der Waals surface area contributed by atoms with Crippen LogP contribution < -0.4 is 10.5 Å². The smallest absolute Gasteiger partial charge is 0.251 e. The fraction of sp³-hybridized carbons (Fsp3) is 0.125. The van der Waals surface area contributed by atoms with Gasteiger partial charge in [0.1, 0.15) is 11.0 Å². The molecule has 0 spiro atoms. The first kappa shape index (κ1) is 12.7. The molecule has 0 saturated carbocycles. The lowest BCUT2D eigenvalue weighted by atomic mass is 10.2. The van der Waals surface area contributed by atoms with Crippen molar-refractivity contribution >= 4 is 33.2 Å². The fourth-order valence-corrected chi connectivity index (χ4v) is 1.69. The highest BCUT2D eigenvalue weighted by Crippen LogP contribution is 2.15. The van der Waals surface area contributed by atoms with Gasteiger partial charge in [-0.25, -0.2) is 12.8 Å². The SMILES string of the molecule is NC(=O)c1cc(NS(=O)(=O)CCl)ccc1F. The third-order valence-corrected chi connectivity index (χ3v) is 3.34. The Morgan fingerprint density at radius 3 is 2.62 bits per heavy atom. The highest BCUT2D eigenvalue weighted by molar-refractivity contribution is 7.93. The number of carbonyl (C=O) groups is 1. The van der Waals surface area contributed by atoms with Crippen molar-refractivity contribution in [1.82, 2.24) is 0 Å². The van der Waals surface area contributed by atoms with Crippen LogP contribution in [0.15, 0.2) is 18.2 Å². The van der Waals surface area contributed by atoms with Gasteiger partial charge in [0.15, 0.2) is 0 Å². The number of anilines is 1. The van der Waals surface area contributed by atoms with Crippen LogP contribution in [-0.2, 0) is 10.0 Å². The van der Waals surface area contributed by atoms with E-state index in [-0.39, 0.29) is 5.69 Å². The summed E-state index contributed by atoms with van der Waals surface area (Å²) in [5, 5.41) is -0.643. The summed E-state index contributed by atoms with van der Waals surface area (Å²) in [6.07, 6.45) is 0. The summed E-state index contributed by atoms with van der Waals surface area (Å²) in [6, 6.07) is 3.10. The first-order chi connectivity index (χ1) is 7.35. The minimum absolute atomic E-state index is 0.0239. The Hall–Kier alpha value is -1.34. The van der Waals surface area contributed by atoms with E-state index in [0.29, 0.717) is 0 Å². The molecule has 0 atom stereocenters. The molecule has 0 aliphatic heterocycles. The van der Waals surface area contributed by atoms with Gasteiger partial charge in [-0.05, 0) is 18.2 Å². The predicted octanol–water partition coefficient (Wildman–Crippen LogP) is 0.863. The van der Waals surface area contributed by atoms with Crippen molar-refractivity contribution in [3.63, 3.8) is 0 Å². The molecule has 1 aromatic rings. The fourth-order valence-electron chi connectivity index (χ4n) is 0.984. The van der Waals surface area contributed by atoms with E-state index < -0.39 is 32.5 Å². The zero-order valence-electron chi connectivity index (χ0n) is 7.91. The van der Waals surface area contributed by atoms with Crippen LogP contribution in [0.25, 0.3) is 0 Å². The topological polar surface area (TPSA) is 89.3 Å². The van der Waals surface area contributed by atoms with Crippen LogP contribution in [0.1, 0.15) is 10.4 Å². The summed E-state index contributed by atoms with van der Waals surface area (Å²) in [7, 11) is -3.69. The molecule has 0 fully saturated rings. The number of amides is 1. The first-order valence-electron chi connectivity index (χ1n) is 4.01. The van der Waals surface area contributed by atoms with E-state index in [0.717, 1.165) is 18.2 Å². The highest BCUT2D eigenvalue weighted by atomic mass is 35.5. The maximum absolute atomic E-state index is 13.0. The van der Waals surface area contributed by atoms with E-state index in [4.69, 9.17) is 17.3 Å². The Kier molecular flexibility index (Phi) is 3.71. The molecule has 16 heavy (non-hydrogen) atoms. The molecule has 0 heterocycles. The number of halogens is 2. The Morgan fingerprint density at radius 1 is 1.50 bits per heavy atom. The number of hydrogen-bond acceptors (Lipinski definition) is 3. The van der Waals surface area contributed by atoms with Crippen molar-refractivity contribution in [2.24, 2.45) is 5.73 Å². The minimum atomic E-state index is -3.69. The van der Waals surface area contributed by atoms with E-state index in [1.54, 1.807) is 0 Å². The summed E-state index contributed by atoms with van der Waals surface area (Å²) in [6.45, 7) is 0. The molecule has 1 amide bonds. The Morgan fingerprint density at radius 2 is 2.12 bits per heavy atom. The van der Waals surface area contributed by atoms with Crippen molar-refractivity contribution in [3.05, 3.63) is 29.6 Å². The summed E-state index contributed by atoms with van der Waals surface area (Å²) < 4.78 is 37.3. The lowest BCUT2D eigenvalue weighted by Crippen LogP contribution is -2.16. The van der Waals surface area contributed by atoms with Crippen molar-refractivity contribution < 1.29 is 17.6 Å². The van der Waals surface area contributed by atoms with E-state index in [1.807, 2.05) is 0 Å². The molecule has 3 N–H and O–H groups in total. The van der Waals surface area contributed by atoms with Gasteiger partial charge in [-0.1, -0.05) is 0 Å². The molecule has 1 aromatic carbocycles. The van der Waals surface area contributed by atoms with Crippen molar-refractivity contribution in [2.75, 3.05) is 9.93 Å². The molecule has 0 bridgehead atoms. The van der Waals surface area contributed by atoms with Crippen LogP contribution in [0.2, 0.25) is 0 Å². The second kappa shape index (κ2) is 4.67. The van der Waals surface area contributed by atoms with Crippen LogP contribution in [-0.4, -0.2) is 19.5 Å². The molecule has 0 unspecified atom stereocenters. The molecule has 0 aliphatic rings. The van der Waals surface area contributed by atoms with Gasteiger partial charge in [0, 0.05) is 5.69 Å². The summed E-state index contributed by atoms with van der Waals surface area (Å²) in [4.78, 5) is 10.8. The largest absolute Gasteiger partial charge is 0.366 e. The number of nitrogens with two attached hydrogens (primary N) is 1. The number of sulfonamides is 1. The Labute approximate surface area is 96.4 Å². The molecule has 0 radical (unpaired) electrons. The highest BCUT2D eigenvalue weighted by Gasteiger charge is 2.12. The number of alkyl halides is 1. The van der Waals surface area contributed by atoms with Gasteiger partial charge < -0.3 is 5.73 Å². The minimum Gasteiger partial charge on any atom is -0.366 e. The quantitative estimate of drug-likeness (QED) is 0.792. The molecule has 8 heteroatoms. The molecule has 0 aromatic heterocycles. The lowest BCUT2D eigenvalue weighted by molar-refractivity contribution is 0.0996. The van der Waals surface area contributed by atoms with E-state index >= 15 is 0 Å². The Bertz CT molecular complexity index is 518. The molecule has 0 saturated heterocycles. The lowest BCUT2D eigenvalue weighted by Gasteiger charge is -2.06. The number of benzene rings is 1. The molecule has 5 nitrogen and oxygen atoms in total. The van der Waals surface area contributed by atoms with E-state index in [9.17, 15) is 17.6 Å². The average Bonchev–Trinajstić information content (AvgIpc) is 2.20. The van der Waals surface area contributed by atoms with Crippen LogP contribution >= 0.6 is 11.6 Å². The number of hydrogen-bond donors (Lipinski definition) is 2. The molecular formula is C8H8ClFN2O3S. The number of carbonyl (C=O) groups excluding carboxylic acids is 1. The molecule has 88 valence electrons. The maximum Gasteiger partial charge on any atom is 0.251 e. The average molecular weight is 267 g/mol. The molecule has 1 rings (SSSR count). The third-order valence-electron chi connectivity index (χ3n) is 1.65. The summed E-state index contributed by atoms with van der Waals surface area (Å²) >= 11 is 5.16. The first-order valence-corrected chi connectivity index (χ1v) is 6.20. The molecular weight excluding hydrogens is 259 g/mol. The number of primary amides is 1. The zero-order valence-corrected chi connectivity index (χ0v) is 9.48. The predicted molar refractivity (Wildman–Crippen MR) is 58.2 cm³/mol. The third kappa shape index (κ3) is 3.07. The summed E-state index contributed by atoms with van der Waals surface area (Å²) in [5.41, 5.74) is 4.53. The van der Waals surface area contributed by atoms with Gasteiger partial charge in [0.2, 0.25) is 10.0 Å². The number of rotatable bonds is 4. The van der Waals surface area contributed by atoms with Crippen LogP contribution in [0.4, 0.5) is 10.1 Å². The van der Waals surface area contributed by atoms with Gasteiger partial charge in [-0.3, -0.25) is 9.52 Å². The zero-order chi connectivity index (χ0) is 12.3. The monoisotopic (exact) mass is 266 g/mol. The second-order valence-electron chi connectivity index (χ2n) is 2.88. The molecule has 0 aliphatic carbocycles. The van der Waals surface area contributed by atoms with Gasteiger partial charge in [-0.2, -0.15) is 0 Å². The van der Waals surface area contributed by atoms with Gasteiger partial charge in [0.05, 0.1) is 5.56 Å². The number of nitrogens with one attached hydrogen (secondary N) is 1. The van der Waals surface area contributed by atoms with E-state index in [1.165, 1.54) is 0 Å². The van der Waals surface area contributed by atoms with Gasteiger partial charge in [-0.15, -0.1) is 11.6 Å². The maximum atomic E-state index is 13.0.